The highest BCUT2D eigenvalue weighted by Crippen LogP contribution is 2.41. The van der Waals surface area contributed by atoms with Crippen LogP contribution < -0.4 is 15.1 Å². The third kappa shape index (κ3) is 4.49. The minimum absolute atomic E-state index is 0.0849. The smallest absolute Gasteiger partial charge is 0.267 e. The normalized spacial score (nSPS) is 26.2. The average Bonchev–Trinajstić information content (AvgIpc) is 3.24. The molecule has 2 aromatic rings. The van der Waals surface area contributed by atoms with E-state index in [1.54, 1.807) is 19.2 Å². The van der Waals surface area contributed by atoms with E-state index in [9.17, 15) is 4.79 Å². The van der Waals surface area contributed by atoms with Crippen molar-refractivity contribution in [3.63, 3.8) is 0 Å². The summed E-state index contributed by atoms with van der Waals surface area (Å²) in [5, 5.41) is 11.0. The van der Waals surface area contributed by atoms with Gasteiger partial charge in [-0.2, -0.15) is 5.10 Å². The predicted molar refractivity (Wildman–Crippen MR) is 133 cm³/mol. The lowest BCUT2D eigenvalue weighted by Gasteiger charge is -2.39. The lowest BCUT2D eigenvalue weighted by molar-refractivity contribution is -0.116. The Hall–Kier alpha value is -2.50. The van der Waals surface area contributed by atoms with Crippen molar-refractivity contribution < 1.29 is 9.53 Å². The maximum atomic E-state index is 13.4. The van der Waals surface area contributed by atoms with Crippen molar-refractivity contribution in [1.82, 2.24) is 5.32 Å². The minimum atomic E-state index is -0.152. The van der Waals surface area contributed by atoms with E-state index in [-0.39, 0.29) is 18.0 Å². The van der Waals surface area contributed by atoms with Crippen LogP contribution >= 0.6 is 23.2 Å². The monoisotopic (exact) mass is 483 g/mol. The first-order valence-corrected chi connectivity index (χ1v) is 12.2. The SMILES string of the molecule is COc1ccc(C2CC(C(=O)NC3C4C=CCC3CCC4)=NN2c2ccc(Cl)cc2Cl)cc1. The Morgan fingerprint density at radius 3 is 2.70 bits per heavy atom. The highest BCUT2D eigenvalue weighted by atomic mass is 35.5. The average molecular weight is 484 g/mol. The zero-order valence-corrected chi connectivity index (χ0v) is 20.0. The highest BCUT2D eigenvalue weighted by molar-refractivity contribution is 6.40. The summed E-state index contributed by atoms with van der Waals surface area (Å²) in [7, 11) is 1.64. The van der Waals surface area contributed by atoms with E-state index in [1.807, 2.05) is 35.3 Å². The van der Waals surface area contributed by atoms with Gasteiger partial charge in [-0.1, -0.05) is 53.9 Å². The zero-order chi connectivity index (χ0) is 22.9. The van der Waals surface area contributed by atoms with Crippen molar-refractivity contribution in [2.24, 2.45) is 16.9 Å². The van der Waals surface area contributed by atoms with E-state index in [1.165, 1.54) is 12.8 Å². The second-order valence-electron chi connectivity index (χ2n) is 9.00. The van der Waals surface area contributed by atoms with Gasteiger partial charge in [-0.3, -0.25) is 9.80 Å². The summed E-state index contributed by atoms with van der Waals surface area (Å²) in [4.78, 5) is 13.4. The van der Waals surface area contributed by atoms with E-state index in [4.69, 9.17) is 33.0 Å². The fraction of sp³-hybridized carbons (Fsp3) is 0.385. The van der Waals surface area contributed by atoms with E-state index >= 15 is 0 Å². The fourth-order valence-electron chi connectivity index (χ4n) is 5.31. The number of carbonyl (C=O) groups is 1. The molecule has 0 radical (unpaired) electrons. The largest absolute Gasteiger partial charge is 0.497 e. The number of ether oxygens (including phenoxy) is 1. The number of hydrogen-bond donors (Lipinski definition) is 1. The molecule has 2 aromatic carbocycles. The Kier molecular flexibility index (Phi) is 6.35. The second kappa shape index (κ2) is 9.40. The topological polar surface area (TPSA) is 53.9 Å². The van der Waals surface area contributed by atoms with Crippen LogP contribution in [0.2, 0.25) is 10.0 Å². The van der Waals surface area contributed by atoms with Gasteiger partial charge in [0.1, 0.15) is 11.5 Å². The van der Waals surface area contributed by atoms with Crippen LogP contribution in [0.1, 0.15) is 43.7 Å². The third-order valence-corrected chi connectivity index (χ3v) is 7.57. The summed E-state index contributed by atoms with van der Waals surface area (Å²) in [6, 6.07) is 13.2. The number of fused-ring (bicyclic) bond motifs is 2. The summed E-state index contributed by atoms with van der Waals surface area (Å²) >= 11 is 12.7. The Bertz CT molecular complexity index is 1100. The molecule has 2 aliphatic carbocycles. The maximum Gasteiger partial charge on any atom is 0.267 e. The lowest BCUT2D eigenvalue weighted by atomic mass is 9.72. The molecule has 4 unspecified atom stereocenters. The number of anilines is 1. The minimum Gasteiger partial charge on any atom is -0.497 e. The van der Waals surface area contributed by atoms with Gasteiger partial charge < -0.3 is 10.1 Å². The van der Waals surface area contributed by atoms with Crippen LogP contribution in [0.5, 0.6) is 5.75 Å². The standard InChI is InChI=1S/C26H27Cl2N3O2/c1-33-20-11-8-16(9-12-20)24-15-22(30-31(24)23-13-10-19(27)14-21(23)28)26(32)29-25-17-4-2-5-18(25)7-3-6-17/h2,4,8-14,17-18,24-25H,3,5-7,15H2,1H3,(H,29,32). The molecule has 0 spiro atoms. The van der Waals surface area contributed by atoms with E-state index in [2.05, 4.69) is 17.5 Å². The maximum absolute atomic E-state index is 13.4. The lowest BCUT2D eigenvalue weighted by Crippen LogP contribution is -2.50. The number of benzene rings is 2. The molecule has 5 nitrogen and oxygen atoms in total. The van der Waals surface area contributed by atoms with Crippen molar-refractivity contribution in [2.45, 2.75) is 44.2 Å². The molecule has 7 heteroatoms. The molecule has 1 fully saturated rings. The zero-order valence-electron chi connectivity index (χ0n) is 18.5. The first-order chi connectivity index (χ1) is 16.0. The summed E-state index contributed by atoms with van der Waals surface area (Å²) in [6.07, 6.45) is 9.61. The van der Waals surface area contributed by atoms with Gasteiger partial charge in [0, 0.05) is 17.5 Å². The predicted octanol–water partition coefficient (Wildman–Crippen LogP) is 6.17. The molecule has 0 aromatic heterocycles. The van der Waals surface area contributed by atoms with Crippen LogP contribution in [0.25, 0.3) is 0 Å². The Morgan fingerprint density at radius 1 is 1.15 bits per heavy atom. The van der Waals surface area contributed by atoms with Gasteiger partial charge in [-0.15, -0.1) is 0 Å². The van der Waals surface area contributed by atoms with Gasteiger partial charge in [0.25, 0.3) is 5.91 Å². The number of rotatable bonds is 5. The van der Waals surface area contributed by atoms with Crippen LogP contribution in [-0.2, 0) is 4.79 Å². The molecule has 3 aliphatic rings. The number of amides is 1. The summed E-state index contributed by atoms with van der Waals surface area (Å²) in [5.41, 5.74) is 2.28. The first kappa shape index (κ1) is 22.3. The van der Waals surface area contributed by atoms with E-state index < -0.39 is 0 Å². The van der Waals surface area contributed by atoms with Crippen molar-refractivity contribution >= 4 is 40.5 Å². The number of nitrogens with one attached hydrogen (secondary N) is 1. The van der Waals surface area contributed by atoms with Crippen molar-refractivity contribution in [2.75, 3.05) is 12.1 Å². The Balaban J connectivity index is 1.43. The van der Waals surface area contributed by atoms with Crippen LogP contribution in [0, 0.1) is 11.8 Å². The molecule has 2 bridgehead atoms. The van der Waals surface area contributed by atoms with Crippen LogP contribution in [0.4, 0.5) is 5.69 Å². The molecule has 4 atom stereocenters. The Labute approximate surface area is 204 Å². The molecule has 172 valence electrons. The molecule has 1 N–H and O–H groups in total. The molecule has 0 saturated heterocycles. The molecule has 1 amide bonds. The molecule has 1 aliphatic heterocycles. The number of nitrogens with zero attached hydrogens (tertiary/aromatic N) is 2. The molecular weight excluding hydrogens is 457 g/mol. The van der Waals surface area contributed by atoms with E-state index in [0.29, 0.717) is 34.0 Å². The molecule has 1 heterocycles. The molecule has 33 heavy (non-hydrogen) atoms. The van der Waals surface area contributed by atoms with Crippen LogP contribution in [0.15, 0.2) is 59.7 Å². The summed E-state index contributed by atoms with van der Waals surface area (Å²) in [5.74, 6) is 1.63. The van der Waals surface area contributed by atoms with E-state index in [0.717, 1.165) is 29.8 Å². The first-order valence-electron chi connectivity index (χ1n) is 11.5. The third-order valence-electron chi connectivity index (χ3n) is 7.03. The van der Waals surface area contributed by atoms with Crippen LogP contribution in [0.3, 0.4) is 0 Å². The molecule has 5 rings (SSSR count). The fourth-order valence-corrected chi connectivity index (χ4v) is 5.81. The molecular formula is C26H27Cl2N3O2. The second-order valence-corrected chi connectivity index (χ2v) is 9.84. The van der Waals surface area contributed by atoms with Gasteiger partial charge in [0.15, 0.2) is 0 Å². The number of halogens is 2. The number of carbonyl (C=O) groups excluding carboxylic acids is 1. The quantitative estimate of drug-likeness (QED) is 0.517. The molecule has 1 saturated carbocycles. The van der Waals surface area contributed by atoms with Gasteiger partial charge in [0.05, 0.1) is 23.9 Å². The summed E-state index contributed by atoms with van der Waals surface area (Å²) in [6.45, 7) is 0. The Morgan fingerprint density at radius 2 is 1.97 bits per heavy atom. The van der Waals surface area contributed by atoms with Gasteiger partial charge in [-0.25, -0.2) is 0 Å². The van der Waals surface area contributed by atoms with Crippen molar-refractivity contribution in [3.05, 3.63) is 70.2 Å². The van der Waals surface area contributed by atoms with Gasteiger partial charge in [-0.05, 0) is 67.0 Å². The number of methoxy groups -OCH3 is 1. The van der Waals surface area contributed by atoms with Crippen molar-refractivity contribution in [1.29, 1.82) is 0 Å². The number of hydrazone groups is 1. The number of allylic oxidation sites excluding steroid dienone is 1. The van der Waals surface area contributed by atoms with Crippen molar-refractivity contribution in [3.8, 4) is 5.75 Å². The van der Waals surface area contributed by atoms with Gasteiger partial charge >= 0.3 is 0 Å². The van der Waals surface area contributed by atoms with Gasteiger partial charge in [0.2, 0.25) is 0 Å². The number of hydrogen-bond acceptors (Lipinski definition) is 4. The van der Waals surface area contributed by atoms with Crippen LogP contribution in [-0.4, -0.2) is 24.8 Å². The summed E-state index contributed by atoms with van der Waals surface area (Å²) < 4.78 is 5.31. The highest BCUT2D eigenvalue weighted by Gasteiger charge is 2.38.